The van der Waals surface area contributed by atoms with Crippen LogP contribution in [0.3, 0.4) is 0 Å². The molecule has 2 aromatic rings. The monoisotopic (exact) mass is 337 g/mol. The van der Waals surface area contributed by atoms with E-state index in [1.54, 1.807) is 0 Å². The van der Waals surface area contributed by atoms with Crippen molar-refractivity contribution in [2.24, 2.45) is 17.6 Å². The highest BCUT2D eigenvalue weighted by Crippen LogP contribution is 2.46. The Labute approximate surface area is 147 Å². The van der Waals surface area contributed by atoms with E-state index in [1.807, 2.05) is 30.7 Å². The van der Waals surface area contributed by atoms with Crippen molar-refractivity contribution in [3.63, 3.8) is 0 Å². The lowest BCUT2D eigenvalue weighted by Crippen LogP contribution is -2.41. The molecule has 1 amide bonds. The number of imidazole rings is 1. The zero-order valence-electron chi connectivity index (χ0n) is 14.3. The lowest BCUT2D eigenvalue weighted by Gasteiger charge is -2.37. The molecule has 1 aromatic carbocycles. The summed E-state index contributed by atoms with van der Waals surface area (Å²) in [6.45, 7) is 2.12. The minimum absolute atomic E-state index is 0.0714. The van der Waals surface area contributed by atoms with Gasteiger partial charge in [0.25, 0.3) is 0 Å². The maximum Gasteiger partial charge on any atom is 0.220 e. The van der Waals surface area contributed by atoms with Gasteiger partial charge in [0.2, 0.25) is 5.91 Å². The summed E-state index contributed by atoms with van der Waals surface area (Å²) < 4.78 is 2.16. The van der Waals surface area contributed by atoms with Crippen LogP contribution in [-0.4, -0.2) is 26.7 Å². The number of allylic oxidation sites excluding steroid dienone is 2. The zero-order chi connectivity index (χ0) is 17.6. The molecule has 4 rings (SSSR count). The number of hydrogen-bond acceptors (Lipinski definition) is 3. The second-order valence-electron chi connectivity index (χ2n) is 7.24. The molecule has 5 nitrogen and oxygen atoms in total. The molecule has 130 valence electrons. The van der Waals surface area contributed by atoms with E-state index in [1.165, 1.54) is 16.7 Å². The van der Waals surface area contributed by atoms with Crippen LogP contribution in [0.4, 0.5) is 0 Å². The second kappa shape index (κ2) is 6.15. The number of aromatic nitrogens is 2. The number of amides is 1. The van der Waals surface area contributed by atoms with Gasteiger partial charge in [-0.1, -0.05) is 30.3 Å². The van der Waals surface area contributed by atoms with Crippen molar-refractivity contribution in [3.05, 3.63) is 54.1 Å². The van der Waals surface area contributed by atoms with Crippen LogP contribution < -0.4 is 5.73 Å². The predicted molar refractivity (Wildman–Crippen MR) is 96.2 cm³/mol. The Balaban J connectivity index is 1.58. The number of nitrogens with two attached hydrogens (primary N) is 1. The normalized spacial score (nSPS) is 26.2. The Bertz CT molecular complexity index is 818. The highest BCUT2D eigenvalue weighted by atomic mass is 16.3. The van der Waals surface area contributed by atoms with Crippen molar-refractivity contribution in [1.82, 2.24) is 9.55 Å². The van der Waals surface area contributed by atoms with Crippen molar-refractivity contribution < 1.29 is 9.90 Å². The van der Waals surface area contributed by atoms with Gasteiger partial charge >= 0.3 is 0 Å². The number of aliphatic hydroxyl groups excluding tert-OH is 1. The van der Waals surface area contributed by atoms with Crippen LogP contribution >= 0.6 is 0 Å². The smallest absolute Gasteiger partial charge is 0.220 e. The van der Waals surface area contributed by atoms with Crippen molar-refractivity contribution >= 4 is 17.1 Å². The standard InChI is InChI=1S/C20H23N3O2/c1-12-17-10-22-11-23(17)16(19(12)13-5-3-2-4-6-13)9-18(24)14-7-15(8-14)20(21)25/h2-6,10-11,14-16,18,24H,7-9H2,1H3,(H2,21,25). The van der Waals surface area contributed by atoms with Crippen molar-refractivity contribution in [1.29, 1.82) is 0 Å². The average Bonchev–Trinajstić information content (AvgIpc) is 3.10. The summed E-state index contributed by atoms with van der Waals surface area (Å²) in [6, 6.07) is 10.4. The third-order valence-electron chi connectivity index (χ3n) is 5.79. The van der Waals surface area contributed by atoms with Gasteiger partial charge in [-0.25, -0.2) is 4.98 Å². The van der Waals surface area contributed by atoms with E-state index in [0.717, 1.165) is 5.69 Å². The van der Waals surface area contributed by atoms with E-state index in [0.29, 0.717) is 19.3 Å². The molecule has 1 aliphatic heterocycles. The van der Waals surface area contributed by atoms with Crippen LogP contribution in [0.25, 0.3) is 11.1 Å². The van der Waals surface area contributed by atoms with Crippen LogP contribution in [0, 0.1) is 11.8 Å². The van der Waals surface area contributed by atoms with Gasteiger partial charge in [-0.05, 0) is 48.8 Å². The van der Waals surface area contributed by atoms with E-state index in [9.17, 15) is 9.90 Å². The Kier molecular flexibility index (Phi) is 3.96. The lowest BCUT2D eigenvalue weighted by molar-refractivity contribution is -0.127. The van der Waals surface area contributed by atoms with Crippen LogP contribution in [0.1, 0.15) is 43.5 Å². The number of carbonyl (C=O) groups excluding carboxylic acids is 1. The van der Waals surface area contributed by atoms with Crippen LogP contribution in [0.5, 0.6) is 0 Å². The maximum absolute atomic E-state index is 11.2. The first-order chi connectivity index (χ1) is 12.1. The first-order valence-corrected chi connectivity index (χ1v) is 8.82. The van der Waals surface area contributed by atoms with E-state index in [2.05, 4.69) is 28.6 Å². The number of benzene rings is 1. The fraction of sp³-hybridized carbons (Fsp3) is 0.400. The van der Waals surface area contributed by atoms with E-state index in [4.69, 9.17) is 5.73 Å². The molecule has 1 aliphatic carbocycles. The number of fused-ring (bicyclic) bond motifs is 1. The summed E-state index contributed by atoms with van der Waals surface area (Å²) >= 11 is 0. The van der Waals surface area contributed by atoms with Crippen molar-refractivity contribution in [2.45, 2.75) is 38.3 Å². The number of carbonyl (C=O) groups is 1. The molecule has 2 unspecified atom stereocenters. The first kappa shape index (κ1) is 16.1. The summed E-state index contributed by atoms with van der Waals surface area (Å²) in [6.07, 6.45) is 5.31. The Morgan fingerprint density at radius 2 is 2.08 bits per heavy atom. The van der Waals surface area contributed by atoms with E-state index >= 15 is 0 Å². The Hall–Kier alpha value is -2.40. The third kappa shape index (κ3) is 2.68. The van der Waals surface area contributed by atoms with Crippen molar-refractivity contribution in [2.75, 3.05) is 0 Å². The highest BCUT2D eigenvalue weighted by Gasteiger charge is 2.40. The fourth-order valence-corrected chi connectivity index (χ4v) is 4.26. The molecule has 1 fully saturated rings. The average molecular weight is 337 g/mol. The minimum atomic E-state index is -0.444. The quantitative estimate of drug-likeness (QED) is 0.880. The molecule has 2 heterocycles. The predicted octanol–water partition coefficient (Wildman–Crippen LogP) is 2.63. The topological polar surface area (TPSA) is 81.1 Å². The van der Waals surface area contributed by atoms with Crippen LogP contribution in [0.2, 0.25) is 0 Å². The maximum atomic E-state index is 11.2. The summed E-state index contributed by atoms with van der Waals surface area (Å²) in [5.74, 6) is -0.165. The third-order valence-corrected chi connectivity index (χ3v) is 5.79. The molecule has 0 saturated heterocycles. The minimum Gasteiger partial charge on any atom is -0.393 e. The Morgan fingerprint density at radius 3 is 2.76 bits per heavy atom. The molecular formula is C20H23N3O2. The number of rotatable bonds is 5. The highest BCUT2D eigenvalue weighted by molar-refractivity contribution is 5.93. The van der Waals surface area contributed by atoms with Crippen molar-refractivity contribution in [3.8, 4) is 0 Å². The van der Waals surface area contributed by atoms with Gasteiger partial charge in [-0.15, -0.1) is 0 Å². The molecule has 1 aromatic heterocycles. The summed E-state index contributed by atoms with van der Waals surface area (Å²) in [5, 5.41) is 10.7. The molecule has 0 spiro atoms. The first-order valence-electron chi connectivity index (χ1n) is 8.82. The zero-order valence-corrected chi connectivity index (χ0v) is 14.3. The molecule has 25 heavy (non-hydrogen) atoms. The molecule has 2 atom stereocenters. The molecular weight excluding hydrogens is 314 g/mol. The SMILES string of the molecule is CC1=C(c2ccccc2)C(CC(O)C2CC(C(N)=O)C2)n2cncc21. The van der Waals surface area contributed by atoms with Gasteiger partial charge in [-0.2, -0.15) is 0 Å². The molecule has 0 radical (unpaired) electrons. The summed E-state index contributed by atoms with van der Waals surface area (Å²) in [7, 11) is 0. The molecule has 2 aliphatic rings. The van der Waals surface area contributed by atoms with Crippen LogP contribution in [-0.2, 0) is 4.79 Å². The molecule has 0 bridgehead atoms. The summed E-state index contributed by atoms with van der Waals surface area (Å²) in [5.41, 5.74) is 10.1. The fourth-order valence-electron chi connectivity index (χ4n) is 4.26. The number of primary amides is 1. The molecule has 3 N–H and O–H groups in total. The van der Waals surface area contributed by atoms with E-state index < -0.39 is 6.10 Å². The van der Waals surface area contributed by atoms with Gasteiger partial charge in [0.05, 0.1) is 30.4 Å². The number of aliphatic hydroxyl groups is 1. The second-order valence-corrected chi connectivity index (χ2v) is 7.24. The van der Waals surface area contributed by atoms with Gasteiger partial charge in [0.15, 0.2) is 0 Å². The van der Waals surface area contributed by atoms with E-state index in [-0.39, 0.29) is 23.8 Å². The van der Waals surface area contributed by atoms with Crippen LogP contribution in [0.15, 0.2) is 42.9 Å². The number of nitrogens with zero attached hydrogens (tertiary/aromatic N) is 2. The van der Waals surface area contributed by atoms with Gasteiger partial charge in [0, 0.05) is 5.92 Å². The molecule has 5 heteroatoms. The van der Waals surface area contributed by atoms with Gasteiger partial charge in [0.1, 0.15) is 0 Å². The number of hydrogen-bond donors (Lipinski definition) is 2. The molecule has 1 saturated carbocycles. The Morgan fingerprint density at radius 1 is 1.36 bits per heavy atom. The largest absolute Gasteiger partial charge is 0.393 e. The van der Waals surface area contributed by atoms with Gasteiger partial charge < -0.3 is 15.4 Å². The lowest BCUT2D eigenvalue weighted by atomic mass is 9.70. The summed E-state index contributed by atoms with van der Waals surface area (Å²) in [4.78, 5) is 15.5. The van der Waals surface area contributed by atoms with Gasteiger partial charge in [-0.3, -0.25) is 4.79 Å².